The van der Waals surface area contributed by atoms with E-state index in [4.69, 9.17) is 14.6 Å². The molecule has 1 saturated heterocycles. The van der Waals surface area contributed by atoms with Crippen LogP contribution in [0.5, 0.6) is 0 Å². The Morgan fingerprint density at radius 3 is 2.45 bits per heavy atom. The fourth-order valence-electron chi connectivity index (χ4n) is 2.05. The van der Waals surface area contributed by atoms with Gasteiger partial charge in [0.15, 0.2) is 0 Å². The van der Waals surface area contributed by atoms with Crippen LogP contribution in [0, 0.1) is 0 Å². The summed E-state index contributed by atoms with van der Waals surface area (Å²) < 4.78 is 9.96. The molecule has 1 aliphatic heterocycles. The molecule has 1 unspecified atom stereocenters. The smallest absolute Gasteiger partial charge is 0.333 e. The van der Waals surface area contributed by atoms with Crippen molar-refractivity contribution in [1.29, 1.82) is 0 Å². The van der Waals surface area contributed by atoms with Gasteiger partial charge >= 0.3 is 5.97 Å². The Morgan fingerprint density at radius 1 is 1.14 bits per heavy atom. The van der Waals surface area contributed by atoms with Gasteiger partial charge in [0, 0.05) is 6.08 Å². The van der Waals surface area contributed by atoms with Gasteiger partial charge in [-0.2, -0.15) is 0 Å². The second kappa shape index (κ2) is 7.48. The van der Waals surface area contributed by atoms with Crippen LogP contribution >= 0.6 is 0 Å². The third-order valence-electron chi connectivity index (χ3n) is 3.29. The third kappa shape index (κ3) is 3.90. The molecule has 1 heterocycles. The number of aliphatic hydroxyl groups is 4. The number of hydrogen-bond acceptors (Lipinski definition) is 7. The third-order valence-corrected chi connectivity index (χ3v) is 3.29. The van der Waals surface area contributed by atoms with Crippen LogP contribution in [-0.2, 0) is 14.3 Å². The van der Waals surface area contributed by atoms with E-state index in [1.807, 2.05) is 18.2 Å². The number of carbonyl (C=O) groups is 1. The number of ether oxygens (including phenoxy) is 2. The van der Waals surface area contributed by atoms with E-state index < -0.39 is 43.3 Å². The van der Waals surface area contributed by atoms with Gasteiger partial charge in [-0.1, -0.05) is 30.3 Å². The second-order valence-corrected chi connectivity index (χ2v) is 4.88. The van der Waals surface area contributed by atoms with Gasteiger partial charge < -0.3 is 29.9 Å². The van der Waals surface area contributed by atoms with Gasteiger partial charge in [0.05, 0.1) is 6.61 Å². The fourth-order valence-corrected chi connectivity index (χ4v) is 2.05. The lowest BCUT2D eigenvalue weighted by molar-refractivity contribution is -0.291. The van der Waals surface area contributed by atoms with E-state index >= 15 is 0 Å². The van der Waals surface area contributed by atoms with Crippen LogP contribution in [0.1, 0.15) is 5.56 Å². The minimum Gasteiger partial charge on any atom is -0.430 e. The van der Waals surface area contributed by atoms with Gasteiger partial charge in [-0.15, -0.1) is 0 Å². The van der Waals surface area contributed by atoms with E-state index in [0.717, 1.165) is 11.6 Å². The first kappa shape index (κ1) is 16.6. The molecule has 1 fully saturated rings. The van der Waals surface area contributed by atoms with E-state index in [-0.39, 0.29) is 0 Å². The molecule has 120 valence electrons. The van der Waals surface area contributed by atoms with Gasteiger partial charge in [0.25, 0.3) is 0 Å². The highest BCUT2D eigenvalue weighted by atomic mass is 16.7. The van der Waals surface area contributed by atoms with Crippen molar-refractivity contribution in [2.75, 3.05) is 6.61 Å². The minimum absolute atomic E-state index is 0.584. The predicted octanol–water partition coefficient (Wildman–Crippen LogP) is -0.957. The summed E-state index contributed by atoms with van der Waals surface area (Å²) in [5, 5.41) is 38.0. The predicted molar refractivity (Wildman–Crippen MR) is 75.3 cm³/mol. The quantitative estimate of drug-likeness (QED) is 0.418. The zero-order valence-electron chi connectivity index (χ0n) is 11.6. The van der Waals surface area contributed by atoms with Crippen molar-refractivity contribution in [3.8, 4) is 0 Å². The first-order valence-corrected chi connectivity index (χ1v) is 6.77. The Morgan fingerprint density at radius 2 is 1.82 bits per heavy atom. The molecule has 4 N–H and O–H groups in total. The summed E-state index contributed by atoms with van der Waals surface area (Å²) in [7, 11) is 0. The average Bonchev–Trinajstić information content (AvgIpc) is 2.54. The molecular weight excluding hydrogens is 292 g/mol. The van der Waals surface area contributed by atoms with E-state index in [1.165, 1.54) is 6.08 Å². The van der Waals surface area contributed by atoms with E-state index in [1.54, 1.807) is 12.1 Å². The monoisotopic (exact) mass is 310 g/mol. The van der Waals surface area contributed by atoms with Crippen molar-refractivity contribution in [2.45, 2.75) is 30.7 Å². The maximum Gasteiger partial charge on any atom is 0.333 e. The number of rotatable bonds is 4. The summed E-state index contributed by atoms with van der Waals surface area (Å²) in [5.41, 5.74) is 0.785. The van der Waals surface area contributed by atoms with E-state index in [0.29, 0.717) is 0 Å². The van der Waals surface area contributed by atoms with Crippen molar-refractivity contribution >= 4 is 12.0 Å². The number of aliphatic hydroxyl groups excluding tert-OH is 4. The molecule has 0 bridgehead atoms. The molecule has 0 aromatic heterocycles. The highest BCUT2D eigenvalue weighted by molar-refractivity contribution is 5.87. The van der Waals surface area contributed by atoms with Gasteiger partial charge in [-0.25, -0.2) is 4.79 Å². The summed E-state index contributed by atoms with van der Waals surface area (Å²) in [4.78, 5) is 11.7. The van der Waals surface area contributed by atoms with Gasteiger partial charge in [-0.3, -0.25) is 0 Å². The van der Waals surface area contributed by atoms with Crippen LogP contribution in [0.25, 0.3) is 6.08 Å². The topological polar surface area (TPSA) is 116 Å². The van der Waals surface area contributed by atoms with Crippen molar-refractivity contribution in [1.82, 2.24) is 0 Å². The number of benzene rings is 1. The summed E-state index contributed by atoms with van der Waals surface area (Å²) in [6, 6.07) is 9.03. The standard InChI is InChI=1S/C15H18O7/c16-8-10-12(18)13(19)14(20)15(21-10)22-11(17)7-6-9-4-2-1-3-5-9/h1-7,10,12-16,18-20H,8H2/b7-6-/t10?,12-,13+,14-,15+/m1/s1. The highest BCUT2D eigenvalue weighted by Gasteiger charge is 2.45. The molecule has 7 heteroatoms. The number of carbonyl (C=O) groups excluding carboxylic acids is 1. The molecule has 7 nitrogen and oxygen atoms in total. The largest absolute Gasteiger partial charge is 0.430 e. The van der Waals surface area contributed by atoms with Crippen LogP contribution in [-0.4, -0.2) is 63.7 Å². The lowest BCUT2D eigenvalue weighted by atomic mass is 9.99. The van der Waals surface area contributed by atoms with Crippen LogP contribution in [0.15, 0.2) is 36.4 Å². The first-order chi connectivity index (χ1) is 10.5. The van der Waals surface area contributed by atoms with E-state index in [9.17, 15) is 20.1 Å². The van der Waals surface area contributed by atoms with Gasteiger partial charge in [0.1, 0.15) is 24.4 Å². The van der Waals surface area contributed by atoms with Crippen molar-refractivity contribution in [2.24, 2.45) is 0 Å². The van der Waals surface area contributed by atoms with Crippen molar-refractivity contribution in [3.63, 3.8) is 0 Å². The molecule has 0 amide bonds. The molecule has 0 radical (unpaired) electrons. The lowest BCUT2D eigenvalue weighted by Crippen LogP contribution is -2.59. The SMILES string of the molecule is O=C(/C=C\c1ccccc1)O[C@@H]1OC(CO)[C@@H](O)[C@H](O)[C@H]1O. The van der Waals surface area contributed by atoms with E-state index in [2.05, 4.69) is 0 Å². The highest BCUT2D eigenvalue weighted by Crippen LogP contribution is 2.22. The second-order valence-electron chi connectivity index (χ2n) is 4.88. The molecule has 0 spiro atoms. The molecule has 1 aromatic carbocycles. The molecule has 5 atom stereocenters. The number of esters is 1. The number of hydrogen-bond donors (Lipinski definition) is 4. The molecule has 1 aliphatic rings. The Bertz CT molecular complexity index is 514. The van der Waals surface area contributed by atoms with Crippen molar-refractivity contribution in [3.05, 3.63) is 42.0 Å². The molecule has 2 rings (SSSR count). The van der Waals surface area contributed by atoms with Crippen molar-refractivity contribution < 1.29 is 34.7 Å². The maximum absolute atomic E-state index is 11.7. The normalized spacial score (nSPS) is 32.1. The Kier molecular flexibility index (Phi) is 5.64. The summed E-state index contributed by atoms with van der Waals surface area (Å²) in [5.74, 6) is -0.784. The van der Waals surface area contributed by atoms with Crippen LogP contribution < -0.4 is 0 Å². The Balaban J connectivity index is 1.97. The molecular formula is C15H18O7. The van der Waals surface area contributed by atoms with Crippen LogP contribution in [0.3, 0.4) is 0 Å². The lowest BCUT2D eigenvalue weighted by Gasteiger charge is -2.38. The maximum atomic E-state index is 11.7. The molecule has 0 saturated carbocycles. The first-order valence-electron chi connectivity index (χ1n) is 6.77. The summed E-state index contributed by atoms with van der Waals surface area (Å²) in [6.45, 7) is -0.584. The molecule has 0 aliphatic carbocycles. The fraction of sp³-hybridized carbons (Fsp3) is 0.400. The van der Waals surface area contributed by atoms with Crippen LogP contribution in [0.2, 0.25) is 0 Å². The average molecular weight is 310 g/mol. The van der Waals surface area contributed by atoms with Gasteiger partial charge in [0.2, 0.25) is 6.29 Å². The Labute approximate surface area is 127 Å². The molecule has 1 aromatic rings. The van der Waals surface area contributed by atoms with Crippen LogP contribution in [0.4, 0.5) is 0 Å². The Hall–Kier alpha value is -1.77. The molecule has 22 heavy (non-hydrogen) atoms. The minimum atomic E-state index is -1.60. The zero-order valence-corrected chi connectivity index (χ0v) is 11.6. The van der Waals surface area contributed by atoms with Gasteiger partial charge in [-0.05, 0) is 11.6 Å². The summed E-state index contributed by atoms with van der Waals surface area (Å²) in [6.07, 6.45) is -4.59. The zero-order chi connectivity index (χ0) is 16.1. The summed E-state index contributed by atoms with van der Waals surface area (Å²) >= 11 is 0.